The van der Waals surface area contributed by atoms with E-state index in [9.17, 15) is 4.79 Å². The first-order valence-corrected chi connectivity index (χ1v) is 6.74. The number of carbonyl (C=O) groups is 1. The second-order valence-corrected chi connectivity index (χ2v) is 5.17. The topological polar surface area (TPSA) is 29.1 Å². The number of anilines is 1. The lowest BCUT2D eigenvalue weighted by atomic mass is 10.2. The van der Waals surface area contributed by atoms with Crippen molar-refractivity contribution < 1.29 is 4.79 Å². The molecule has 2 rings (SSSR count). The molecule has 0 saturated carbocycles. The van der Waals surface area contributed by atoms with Crippen LogP contribution in [0.5, 0.6) is 0 Å². The van der Waals surface area contributed by atoms with Gasteiger partial charge in [0.05, 0.1) is 0 Å². The fourth-order valence-corrected chi connectivity index (χ4v) is 2.34. The summed E-state index contributed by atoms with van der Waals surface area (Å²) in [5.74, 6) is -0.138. The molecule has 2 nitrogen and oxygen atoms in total. The van der Waals surface area contributed by atoms with Gasteiger partial charge in [-0.15, -0.1) is 0 Å². The van der Waals surface area contributed by atoms with Crippen LogP contribution >= 0.6 is 15.9 Å². The molecule has 0 radical (unpaired) electrons. The number of aryl methyl sites for hydroxylation is 1. The van der Waals surface area contributed by atoms with Crippen molar-refractivity contribution in [1.29, 1.82) is 0 Å². The fraction of sp³-hybridized carbons (Fsp3) is 0.0625. The Morgan fingerprint density at radius 1 is 1.16 bits per heavy atom. The minimum absolute atomic E-state index is 0.138. The van der Waals surface area contributed by atoms with Gasteiger partial charge in [-0.25, -0.2) is 0 Å². The molecule has 0 spiro atoms. The van der Waals surface area contributed by atoms with E-state index in [2.05, 4.69) is 21.2 Å². The molecule has 0 fully saturated rings. The summed E-state index contributed by atoms with van der Waals surface area (Å²) in [6.45, 7) is 1.99. The molecule has 0 aliphatic heterocycles. The molecule has 0 atom stereocenters. The number of hydrogen-bond donors (Lipinski definition) is 1. The molecule has 0 saturated heterocycles. The van der Waals surface area contributed by atoms with Crippen LogP contribution in [0.15, 0.2) is 59.1 Å². The quantitative estimate of drug-likeness (QED) is 0.835. The van der Waals surface area contributed by atoms with Crippen LogP contribution in [0.1, 0.15) is 11.1 Å². The summed E-state index contributed by atoms with van der Waals surface area (Å²) in [7, 11) is 0. The second kappa shape index (κ2) is 6.34. The van der Waals surface area contributed by atoms with Crippen LogP contribution in [-0.2, 0) is 4.79 Å². The van der Waals surface area contributed by atoms with Gasteiger partial charge in [0.2, 0.25) is 5.91 Å². The van der Waals surface area contributed by atoms with E-state index in [-0.39, 0.29) is 5.91 Å². The summed E-state index contributed by atoms with van der Waals surface area (Å²) in [6, 6.07) is 15.5. The highest BCUT2D eigenvalue weighted by Gasteiger charge is 2.00. The summed E-state index contributed by atoms with van der Waals surface area (Å²) in [5, 5.41) is 2.84. The van der Waals surface area contributed by atoms with Crippen molar-refractivity contribution in [2.75, 3.05) is 5.32 Å². The number of amides is 1. The van der Waals surface area contributed by atoms with Gasteiger partial charge in [0, 0.05) is 16.2 Å². The zero-order chi connectivity index (χ0) is 13.7. The molecule has 0 unspecified atom stereocenters. The summed E-state index contributed by atoms with van der Waals surface area (Å²) < 4.78 is 0.954. The van der Waals surface area contributed by atoms with Gasteiger partial charge in [-0.2, -0.15) is 0 Å². The molecule has 3 heteroatoms. The second-order valence-electron chi connectivity index (χ2n) is 4.25. The Kier molecular flexibility index (Phi) is 4.53. The average Bonchev–Trinajstić information content (AvgIpc) is 2.36. The van der Waals surface area contributed by atoms with Crippen molar-refractivity contribution in [2.45, 2.75) is 6.92 Å². The number of hydrogen-bond acceptors (Lipinski definition) is 1. The van der Waals surface area contributed by atoms with E-state index in [1.807, 2.05) is 55.5 Å². The fourth-order valence-electron chi connectivity index (χ4n) is 1.73. The number of nitrogens with one attached hydrogen (secondary N) is 1. The Bertz CT molecular complexity index is 585. The Hall–Kier alpha value is -1.87. The SMILES string of the molecule is Cc1cc(Br)cc(NC(=O)/C=C/c2ccccc2)c1. The summed E-state index contributed by atoms with van der Waals surface area (Å²) >= 11 is 3.41. The molecule has 0 aromatic heterocycles. The van der Waals surface area contributed by atoms with Crippen molar-refractivity contribution in [1.82, 2.24) is 0 Å². The molecule has 0 heterocycles. The highest BCUT2D eigenvalue weighted by molar-refractivity contribution is 9.10. The molecule has 2 aromatic carbocycles. The van der Waals surface area contributed by atoms with Gasteiger partial charge < -0.3 is 5.32 Å². The smallest absolute Gasteiger partial charge is 0.248 e. The maximum atomic E-state index is 11.8. The van der Waals surface area contributed by atoms with Crippen LogP contribution in [-0.4, -0.2) is 5.91 Å². The largest absolute Gasteiger partial charge is 0.322 e. The summed E-state index contributed by atoms with van der Waals surface area (Å²) in [5.41, 5.74) is 2.88. The van der Waals surface area contributed by atoms with E-state index in [1.54, 1.807) is 6.08 Å². The van der Waals surface area contributed by atoms with Crippen LogP contribution in [0.25, 0.3) is 6.08 Å². The van der Waals surface area contributed by atoms with Gasteiger partial charge in [-0.05, 0) is 42.3 Å². The van der Waals surface area contributed by atoms with Crippen molar-refractivity contribution in [2.24, 2.45) is 0 Å². The molecular weight excluding hydrogens is 302 g/mol. The Labute approximate surface area is 121 Å². The van der Waals surface area contributed by atoms with Gasteiger partial charge in [0.1, 0.15) is 0 Å². The minimum Gasteiger partial charge on any atom is -0.322 e. The van der Waals surface area contributed by atoms with E-state index in [0.717, 1.165) is 21.3 Å². The molecule has 19 heavy (non-hydrogen) atoms. The van der Waals surface area contributed by atoms with E-state index in [4.69, 9.17) is 0 Å². The predicted molar refractivity (Wildman–Crippen MR) is 83.0 cm³/mol. The van der Waals surface area contributed by atoms with Crippen LogP contribution < -0.4 is 5.32 Å². The van der Waals surface area contributed by atoms with Crippen LogP contribution in [0.2, 0.25) is 0 Å². The van der Waals surface area contributed by atoms with Crippen molar-refractivity contribution in [3.8, 4) is 0 Å². The molecule has 0 aliphatic rings. The number of benzene rings is 2. The lowest BCUT2D eigenvalue weighted by Crippen LogP contribution is -2.07. The molecule has 2 aromatic rings. The van der Waals surface area contributed by atoms with E-state index >= 15 is 0 Å². The van der Waals surface area contributed by atoms with Crippen LogP contribution in [0.4, 0.5) is 5.69 Å². The lowest BCUT2D eigenvalue weighted by molar-refractivity contribution is -0.111. The van der Waals surface area contributed by atoms with Crippen LogP contribution in [0, 0.1) is 6.92 Å². The summed E-state index contributed by atoms with van der Waals surface area (Å²) in [6.07, 6.45) is 3.33. The highest BCUT2D eigenvalue weighted by Crippen LogP contribution is 2.19. The summed E-state index contributed by atoms with van der Waals surface area (Å²) in [4.78, 5) is 11.8. The van der Waals surface area contributed by atoms with Crippen molar-refractivity contribution in [3.05, 3.63) is 70.2 Å². The first-order valence-electron chi connectivity index (χ1n) is 5.95. The van der Waals surface area contributed by atoms with Crippen LogP contribution in [0.3, 0.4) is 0 Å². The van der Waals surface area contributed by atoms with E-state index in [1.165, 1.54) is 6.08 Å². The Morgan fingerprint density at radius 2 is 1.89 bits per heavy atom. The van der Waals surface area contributed by atoms with Crippen molar-refractivity contribution in [3.63, 3.8) is 0 Å². The van der Waals surface area contributed by atoms with Gasteiger partial charge >= 0.3 is 0 Å². The van der Waals surface area contributed by atoms with Gasteiger partial charge in [-0.3, -0.25) is 4.79 Å². The standard InChI is InChI=1S/C16H14BrNO/c1-12-9-14(17)11-15(10-12)18-16(19)8-7-13-5-3-2-4-6-13/h2-11H,1H3,(H,18,19)/b8-7+. The molecule has 96 valence electrons. The molecule has 1 N–H and O–H groups in total. The van der Waals surface area contributed by atoms with E-state index in [0.29, 0.717) is 0 Å². The molecular formula is C16H14BrNO. The number of carbonyl (C=O) groups excluding carboxylic acids is 1. The van der Waals surface area contributed by atoms with Gasteiger partial charge in [-0.1, -0.05) is 46.3 Å². The molecule has 0 bridgehead atoms. The number of rotatable bonds is 3. The van der Waals surface area contributed by atoms with Crippen molar-refractivity contribution >= 4 is 33.6 Å². The highest BCUT2D eigenvalue weighted by atomic mass is 79.9. The zero-order valence-corrected chi connectivity index (χ0v) is 12.1. The maximum Gasteiger partial charge on any atom is 0.248 e. The average molecular weight is 316 g/mol. The predicted octanol–water partition coefficient (Wildman–Crippen LogP) is 4.41. The third kappa shape index (κ3) is 4.38. The van der Waals surface area contributed by atoms with Gasteiger partial charge in [0.25, 0.3) is 0 Å². The maximum absolute atomic E-state index is 11.8. The monoisotopic (exact) mass is 315 g/mol. The third-order valence-corrected chi connectivity index (χ3v) is 2.99. The Morgan fingerprint density at radius 3 is 2.58 bits per heavy atom. The number of halogens is 1. The van der Waals surface area contributed by atoms with Gasteiger partial charge in [0.15, 0.2) is 0 Å². The normalized spacial score (nSPS) is 10.6. The first-order chi connectivity index (χ1) is 9.13. The molecule has 1 amide bonds. The third-order valence-electron chi connectivity index (χ3n) is 2.54. The minimum atomic E-state index is -0.138. The molecule has 0 aliphatic carbocycles. The first kappa shape index (κ1) is 13.6. The zero-order valence-electron chi connectivity index (χ0n) is 10.6. The lowest BCUT2D eigenvalue weighted by Gasteiger charge is -2.04. The van der Waals surface area contributed by atoms with E-state index < -0.39 is 0 Å². The Balaban J connectivity index is 2.03.